The molecular formula is C20H22N2O5S. The van der Waals surface area contributed by atoms with E-state index in [1.54, 1.807) is 36.1 Å². The fraction of sp³-hybridized carbons (Fsp3) is 0.300. The number of ether oxygens (including phenoxy) is 1. The van der Waals surface area contributed by atoms with E-state index in [-0.39, 0.29) is 16.4 Å². The lowest BCUT2D eigenvalue weighted by molar-refractivity contribution is -0.117. The van der Waals surface area contributed by atoms with E-state index in [0.29, 0.717) is 24.2 Å². The van der Waals surface area contributed by atoms with E-state index in [9.17, 15) is 18.0 Å². The molecule has 0 aliphatic carbocycles. The van der Waals surface area contributed by atoms with Gasteiger partial charge in [0.1, 0.15) is 0 Å². The molecule has 3 rings (SSSR count). The first kappa shape index (κ1) is 19.9. The molecule has 1 fully saturated rings. The normalized spacial score (nSPS) is 14.2. The van der Waals surface area contributed by atoms with Crippen LogP contribution in [0.5, 0.6) is 0 Å². The predicted molar refractivity (Wildman–Crippen MR) is 106 cm³/mol. The summed E-state index contributed by atoms with van der Waals surface area (Å²) in [4.78, 5) is 25.5. The lowest BCUT2D eigenvalue weighted by Crippen LogP contribution is -2.24. The van der Waals surface area contributed by atoms with E-state index in [1.807, 2.05) is 6.92 Å². The molecule has 0 unspecified atom stereocenters. The fourth-order valence-electron chi connectivity index (χ4n) is 3.24. The highest BCUT2D eigenvalue weighted by atomic mass is 32.2. The summed E-state index contributed by atoms with van der Waals surface area (Å²) in [5, 5.41) is 0. The number of nitrogens with zero attached hydrogens (tertiary/aromatic N) is 1. The molecule has 1 N–H and O–H groups in total. The SMILES string of the molecule is COC(=O)c1cc(S(=O)(=O)Nc2ccc(N3CCCC3=O)c(C)c2)ccc1C. The zero-order valence-electron chi connectivity index (χ0n) is 16.0. The smallest absolute Gasteiger partial charge is 0.338 e. The number of amides is 1. The third-order valence-corrected chi connectivity index (χ3v) is 6.12. The fourth-order valence-corrected chi connectivity index (χ4v) is 4.31. The van der Waals surface area contributed by atoms with Crippen LogP contribution in [0.2, 0.25) is 0 Å². The molecule has 1 aliphatic rings. The molecule has 0 spiro atoms. The van der Waals surface area contributed by atoms with Gasteiger partial charge in [-0.05, 0) is 61.7 Å². The molecule has 0 atom stereocenters. The maximum atomic E-state index is 12.8. The van der Waals surface area contributed by atoms with Crippen LogP contribution in [0.4, 0.5) is 11.4 Å². The second kappa shape index (κ2) is 7.63. The molecule has 0 saturated carbocycles. The average Bonchev–Trinajstić information content (AvgIpc) is 3.07. The zero-order valence-corrected chi connectivity index (χ0v) is 16.8. The van der Waals surface area contributed by atoms with E-state index in [4.69, 9.17) is 4.74 Å². The summed E-state index contributed by atoms with van der Waals surface area (Å²) in [5.41, 5.74) is 2.79. The number of benzene rings is 2. The third-order valence-electron chi connectivity index (χ3n) is 4.74. The molecule has 1 heterocycles. The van der Waals surface area contributed by atoms with Gasteiger partial charge in [0, 0.05) is 24.3 Å². The van der Waals surface area contributed by atoms with E-state index >= 15 is 0 Å². The average molecular weight is 402 g/mol. The Labute approximate surface area is 164 Å². The van der Waals surface area contributed by atoms with Crippen molar-refractivity contribution >= 4 is 33.3 Å². The van der Waals surface area contributed by atoms with Gasteiger partial charge in [-0.1, -0.05) is 6.07 Å². The van der Waals surface area contributed by atoms with E-state index in [2.05, 4.69) is 4.72 Å². The Morgan fingerprint density at radius 1 is 1.11 bits per heavy atom. The first-order valence-electron chi connectivity index (χ1n) is 8.86. The monoisotopic (exact) mass is 402 g/mol. The predicted octanol–water partition coefficient (Wildman–Crippen LogP) is 3.02. The number of esters is 1. The van der Waals surface area contributed by atoms with Crippen molar-refractivity contribution in [1.29, 1.82) is 0 Å². The molecule has 8 heteroatoms. The van der Waals surface area contributed by atoms with Gasteiger partial charge in [0.2, 0.25) is 5.91 Å². The van der Waals surface area contributed by atoms with Crippen molar-refractivity contribution in [3.8, 4) is 0 Å². The van der Waals surface area contributed by atoms with Gasteiger partial charge in [-0.15, -0.1) is 0 Å². The van der Waals surface area contributed by atoms with Crippen LogP contribution in [0, 0.1) is 13.8 Å². The Hall–Kier alpha value is -2.87. The van der Waals surface area contributed by atoms with Crippen molar-refractivity contribution < 1.29 is 22.7 Å². The molecule has 1 amide bonds. The van der Waals surface area contributed by atoms with Crippen LogP contribution >= 0.6 is 0 Å². The van der Waals surface area contributed by atoms with Crippen molar-refractivity contribution in [3.63, 3.8) is 0 Å². The van der Waals surface area contributed by atoms with Crippen molar-refractivity contribution in [2.75, 3.05) is 23.3 Å². The minimum absolute atomic E-state index is 0.0325. The number of methoxy groups -OCH3 is 1. The number of aryl methyl sites for hydroxylation is 2. The van der Waals surface area contributed by atoms with Gasteiger partial charge >= 0.3 is 5.97 Å². The van der Waals surface area contributed by atoms with Crippen LogP contribution in [0.3, 0.4) is 0 Å². The molecule has 1 saturated heterocycles. The summed E-state index contributed by atoms with van der Waals surface area (Å²) in [7, 11) is -2.65. The molecular weight excluding hydrogens is 380 g/mol. The molecule has 0 aromatic heterocycles. The van der Waals surface area contributed by atoms with Crippen molar-refractivity contribution in [3.05, 3.63) is 53.1 Å². The van der Waals surface area contributed by atoms with Gasteiger partial charge in [-0.2, -0.15) is 0 Å². The second-order valence-electron chi connectivity index (χ2n) is 6.72. The number of hydrogen-bond donors (Lipinski definition) is 1. The maximum absolute atomic E-state index is 12.8. The Balaban J connectivity index is 1.88. The highest BCUT2D eigenvalue weighted by molar-refractivity contribution is 7.92. The van der Waals surface area contributed by atoms with Crippen LogP contribution in [0.1, 0.15) is 34.3 Å². The highest BCUT2D eigenvalue weighted by Gasteiger charge is 2.24. The number of carbonyl (C=O) groups is 2. The van der Waals surface area contributed by atoms with Crippen LogP contribution in [-0.4, -0.2) is 33.9 Å². The van der Waals surface area contributed by atoms with Crippen molar-refractivity contribution in [2.24, 2.45) is 0 Å². The maximum Gasteiger partial charge on any atom is 0.338 e. The zero-order chi connectivity index (χ0) is 20.5. The van der Waals surface area contributed by atoms with Crippen LogP contribution in [0.25, 0.3) is 0 Å². The molecule has 7 nitrogen and oxygen atoms in total. The second-order valence-corrected chi connectivity index (χ2v) is 8.41. The van der Waals surface area contributed by atoms with E-state index in [0.717, 1.165) is 17.7 Å². The summed E-state index contributed by atoms with van der Waals surface area (Å²) < 4.78 is 32.7. The quantitative estimate of drug-likeness (QED) is 0.776. The number of anilines is 2. The van der Waals surface area contributed by atoms with Crippen molar-refractivity contribution in [2.45, 2.75) is 31.6 Å². The van der Waals surface area contributed by atoms with Crippen LogP contribution in [-0.2, 0) is 19.6 Å². The largest absolute Gasteiger partial charge is 0.465 e. The standard InChI is InChI=1S/C20H22N2O5S/c1-13-6-8-16(12-17(13)20(24)27-3)28(25,26)21-15-7-9-18(14(2)11-15)22-10-4-5-19(22)23/h6-9,11-12,21H,4-5,10H2,1-3H3. The molecule has 148 valence electrons. The van der Waals surface area contributed by atoms with Gasteiger partial charge in [0.25, 0.3) is 10.0 Å². The summed E-state index contributed by atoms with van der Waals surface area (Å²) in [6, 6.07) is 9.36. The van der Waals surface area contributed by atoms with Gasteiger partial charge in [-0.25, -0.2) is 13.2 Å². The Kier molecular flexibility index (Phi) is 5.42. The Bertz CT molecular complexity index is 1050. The summed E-state index contributed by atoms with van der Waals surface area (Å²) in [6.45, 7) is 4.21. The topological polar surface area (TPSA) is 92.8 Å². The molecule has 0 radical (unpaired) electrons. The Morgan fingerprint density at radius 3 is 2.46 bits per heavy atom. The number of carbonyl (C=O) groups excluding carboxylic acids is 2. The lowest BCUT2D eigenvalue weighted by atomic mass is 10.1. The lowest BCUT2D eigenvalue weighted by Gasteiger charge is -2.19. The molecule has 0 bridgehead atoms. The number of rotatable bonds is 5. The Morgan fingerprint density at radius 2 is 1.86 bits per heavy atom. The number of hydrogen-bond acceptors (Lipinski definition) is 5. The molecule has 28 heavy (non-hydrogen) atoms. The van der Waals surface area contributed by atoms with Crippen LogP contribution in [0.15, 0.2) is 41.3 Å². The van der Waals surface area contributed by atoms with Crippen molar-refractivity contribution in [1.82, 2.24) is 0 Å². The van der Waals surface area contributed by atoms with E-state index < -0.39 is 16.0 Å². The van der Waals surface area contributed by atoms with E-state index in [1.165, 1.54) is 19.2 Å². The minimum atomic E-state index is -3.89. The molecule has 1 aliphatic heterocycles. The van der Waals surface area contributed by atoms with Gasteiger partial charge in [0.15, 0.2) is 0 Å². The number of sulfonamides is 1. The first-order valence-corrected chi connectivity index (χ1v) is 10.3. The highest BCUT2D eigenvalue weighted by Crippen LogP contribution is 2.28. The third kappa shape index (κ3) is 3.87. The van der Waals surface area contributed by atoms with Gasteiger partial charge in [-0.3, -0.25) is 9.52 Å². The molecule has 2 aromatic carbocycles. The minimum Gasteiger partial charge on any atom is -0.465 e. The van der Waals surface area contributed by atoms with Gasteiger partial charge < -0.3 is 9.64 Å². The first-order chi connectivity index (χ1) is 13.2. The summed E-state index contributed by atoms with van der Waals surface area (Å²) >= 11 is 0. The molecule has 2 aromatic rings. The van der Waals surface area contributed by atoms with Gasteiger partial charge in [0.05, 0.1) is 17.6 Å². The van der Waals surface area contributed by atoms with Crippen LogP contribution < -0.4 is 9.62 Å². The number of nitrogens with one attached hydrogen (secondary N) is 1. The summed E-state index contributed by atoms with van der Waals surface area (Å²) in [6.07, 6.45) is 1.35. The summed E-state index contributed by atoms with van der Waals surface area (Å²) in [5.74, 6) is -0.517.